The maximum Gasteiger partial charge on any atom is 0.276 e. The SMILES string of the molecule is C[C@H]1Nc2ncnc3c2cc(N2CCS(=O)(=O)CC2)c(=O)n3CCCCCCN2CCC(CC2)CC(F)(F)c2cccc1c2F. The molecular weight excluding hydrogens is 605 g/mol. The van der Waals surface area contributed by atoms with Crippen LogP contribution in [-0.2, 0) is 22.3 Å². The van der Waals surface area contributed by atoms with E-state index in [1.54, 1.807) is 22.5 Å². The van der Waals surface area contributed by atoms with Crippen molar-refractivity contribution in [3.63, 3.8) is 0 Å². The number of nitrogens with one attached hydrogen (secondary N) is 1. The Balaban J connectivity index is 1.41. The van der Waals surface area contributed by atoms with Crippen LogP contribution in [0.4, 0.5) is 24.7 Å². The fraction of sp³-hybridized carbons (Fsp3) is 0.594. The number of anilines is 2. The topological polar surface area (TPSA) is 100 Å². The summed E-state index contributed by atoms with van der Waals surface area (Å²) in [7, 11) is -3.17. The molecule has 3 aromatic rings. The average molecular weight is 647 g/mol. The van der Waals surface area contributed by atoms with Gasteiger partial charge in [0, 0.05) is 31.6 Å². The zero-order valence-electron chi connectivity index (χ0n) is 25.7. The summed E-state index contributed by atoms with van der Waals surface area (Å²) in [6, 6.07) is 5.08. The predicted octanol–water partition coefficient (Wildman–Crippen LogP) is 5.11. The van der Waals surface area contributed by atoms with Crippen molar-refractivity contribution in [1.82, 2.24) is 19.4 Å². The number of hydrogen-bond acceptors (Lipinski definition) is 8. The van der Waals surface area contributed by atoms with Gasteiger partial charge in [0.15, 0.2) is 9.84 Å². The van der Waals surface area contributed by atoms with Crippen LogP contribution in [0.1, 0.15) is 69.0 Å². The van der Waals surface area contributed by atoms with E-state index in [-0.39, 0.29) is 48.1 Å². The van der Waals surface area contributed by atoms with Crippen molar-refractivity contribution in [2.45, 2.75) is 70.4 Å². The molecule has 9 nitrogen and oxygen atoms in total. The molecule has 7 rings (SSSR count). The number of aromatic nitrogens is 3. The summed E-state index contributed by atoms with van der Waals surface area (Å²) < 4.78 is 73.0. The van der Waals surface area contributed by atoms with Gasteiger partial charge in [-0.05, 0) is 64.2 Å². The number of piperidine rings is 1. The molecule has 4 aliphatic rings. The predicted molar refractivity (Wildman–Crippen MR) is 169 cm³/mol. The molecular formula is C32H41F3N6O3S. The number of fused-ring (bicyclic) bond motifs is 9. The van der Waals surface area contributed by atoms with E-state index in [1.807, 2.05) is 0 Å². The number of pyridine rings is 1. The Kier molecular flexibility index (Phi) is 9.11. The first-order chi connectivity index (χ1) is 21.5. The van der Waals surface area contributed by atoms with Gasteiger partial charge in [-0.3, -0.25) is 9.36 Å². The van der Waals surface area contributed by atoms with Crippen LogP contribution in [0.3, 0.4) is 0 Å². The fourth-order valence-electron chi connectivity index (χ4n) is 6.96. The van der Waals surface area contributed by atoms with Crippen LogP contribution in [0.5, 0.6) is 0 Å². The zero-order chi connectivity index (χ0) is 31.8. The molecule has 0 radical (unpaired) electrons. The Labute approximate surface area is 261 Å². The molecule has 0 unspecified atom stereocenters. The highest BCUT2D eigenvalue weighted by Crippen LogP contribution is 2.41. The second-order valence-corrected chi connectivity index (χ2v) is 15.1. The van der Waals surface area contributed by atoms with Crippen molar-refractivity contribution in [1.29, 1.82) is 0 Å². The molecule has 2 aromatic heterocycles. The van der Waals surface area contributed by atoms with Crippen molar-refractivity contribution in [3.05, 3.63) is 57.9 Å². The summed E-state index contributed by atoms with van der Waals surface area (Å²) in [5.74, 6) is -4.17. The summed E-state index contributed by atoms with van der Waals surface area (Å²) in [5.41, 5.74) is 0.0207. The van der Waals surface area contributed by atoms with Gasteiger partial charge in [-0.25, -0.2) is 31.6 Å². The van der Waals surface area contributed by atoms with E-state index >= 15 is 13.2 Å². The Morgan fingerprint density at radius 3 is 2.40 bits per heavy atom. The number of nitrogens with zero attached hydrogens (tertiary/aromatic N) is 5. The molecule has 1 atom stereocenters. The van der Waals surface area contributed by atoms with Crippen molar-refractivity contribution >= 4 is 32.4 Å². The molecule has 2 saturated heterocycles. The van der Waals surface area contributed by atoms with Gasteiger partial charge in [0.1, 0.15) is 29.3 Å². The number of aryl methyl sites for hydroxylation is 1. The molecule has 1 N–H and O–H groups in total. The molecule has 2 fully saturated rings. The first kappa shape index (κ1) is 31.8. The lowest BCUT2D eigenvalue weighted by Gasteiger charge is -2.34. The number of halogens is 3. The Morgan fingerprint density at radius 2 is 1.67 bits per heavy atom. The van der Waals surface area contributed by atoms with E-state index in [0.717, 1.165) is 45.3 Å². The van der Waals surface area contributed by atoms with Gasteiger partial charge >= 0.3 is 0 Å². The minimum Gasteiger partial charge on any atom is -0.365 e. The minimum absolute atomic E-state index is 0.0457. The molecule has 0 amide bonds. The van der Waals surface area contributed by atoms with Gasteiger partial charge in [0.05, 0.1) is 28.5 Å². The molecule has 6 heterocycles. The maximum absolute atomic E-state index is 15.9. The van der Waals surface area contributed by atoms with Crippen LogP contribution in [0.2, 0.25) is 0 Å². The van der Waals surface area contributed by atoms with Crippen molar-refractivity contribution in [3.8, 4) is 0 Å². The van der Waals surface area contributed by atoms with Gasteiger partial charge in [0.25, 0.3) is 11.5 Å². The molecule has 13 heteroatoms. The number of alkyl halides is 2. The first-order valence-corrected chi connectivity index (χ1v) is 17.8. The number of sulfone groups is 1. The van der Waals surface area contributed by atoms with E-state index in [1.165, 1.54) is 24.5 Å². The first-order valence-electron chi connectivity index (χ1n) is 16.0. The average Bonchev–Trinajstić information content (AvgIpc) is 3.00. The molecule has 0 aliphatic carbocycles. The third-order valence-corrected chi connectivity index (χ3v) is 11.3. The highest BCUT2D eigenvalue weighted by molar-refractivity contribution is 7.91. The van der Waals surface area contributed by atoms with Crippen LogP contribution in [-0.4, -0.2) is 72.1 Å². The Hall–Kier alpha value is -3.19. The van der Waals surface area contributed by atoms with E-state index in [0.29, 0.717) is 41.9 Å². The van der Waals surface area contributed by atoms with Crippen LogP contribution < -0.4 is 15.8 Å². The molecule has 0 saturated carbocycles. The zero-order valence-corrected chi connectivity index (χ0v) is 26.5. The quantitative estimate of drug-likeness (QED) is 0.390. The summed E-state index contributed by atoms with van der Waals surface area (Å²) in [6.07, 6.45) is 5.91. The highest BCUT2D eigenvalue weighted by Gasteiger charge is 2.39. The van der Waals surface area contributed by atoms with E-state index in [2.05, 4.69) is 20.2 Å². The number of hydrogen-bond donors (Lipinski definition) is 1. The maximum atomic E-state index is 15.9. The fourth-order valence-corrected chi connectivity index (χ4v) is 8.17. The van der Waals surface area contributed by atoms with Gasteiger partial charge in [0.2, 0.25) is 0 Å². The van der Waals surface area contributed by atoms with E-state index < -0.39 is 33.2 Å². The highest BCUT2D eigenvalue weighted by atomic mass is 32.2. The van der Waals surface area contributed by atoms with Gasteiger partial charge in [-0.15, -0.1) is 0 Å². The third-order valence-electron chi connectivity index (χ3n) is 9.65. The monoisotopic (exact) mass is 646 g/mol. The normalized spacial score (nSPS) is 25.9. The van der Waals surface area contributed by atoms with Gasteiger partial charge in [-0.2, -0.15) is 0 Å². The summed E-state index contributed by atoms with van der Waals surface area (Å²) in [5, 5.41) is 3.72. The minimum atomic E-state index is -3.31. The second kappa shape index (κ2) is 12.9. The second-order valence-electron chi connectivity index (χ2n) is 12.8. The van der Waals surface area contributed by atoms with Crippen LogP contribution in [0.15, 0.2) is 35.4 Å². The van der Waals surface area contributed by atoms with Crippen LogP contribution >= 0.6 is 0 Å². The molecule has 45 heavy (non-hydrogen) atoms. The molecule has 0 spiro atoms. The largest absolute Gasteiger partial charge is 0.365 e. The molecule has 4 aliphatic heterocycles. The Bertz CT molecular complexity index is 1690. The summed E-state index contributed by atoms with van der Waals surface area (Å²) in [4.78, 5) is 26.9. The molecule has 8 bridgehead atoms. The van der Waals surface area contributed by atoms with Gasteiger partial charge in [-0.1, -0.05) is 31.0 Å². The van der Waals surface area contributed by atoms with Crippen molar-refractivity contribution in [2.75, 3.05) is 54.4 Å². The molecule has 1 aromatic carbocycles. The smallest absolute Gasteiger partial charge is 0.276 e. The number of rotatable bonds is 1. The lowest BCUT2D eigenvalue weighted by atomic mass is 9.87. The van der Waals surface area contributed by atoms with Crippen molar-refractivity contribution < 1.29 is 21.6 Å². The van der Waals surface area contributed by atoms with Gasteiger partial charge < -0.3 is 15.1 Å². The van der Waals surface area contributed by atoms with E-state index in [4.69, 9.17) is 0 Å². The summed E-state index contributed by atoms with van der Waals surface area (Å²) >= 11 is 0. The lowest BCUT2D eigenvalue weighted by Crippen LogP contribution is -2.43. The third kappa shape index (κ3) is 6.84. The van der Waals surface area contributed by atoms with Crippen LogP contribution in [0.25, 0.3) is 11.0 Å². The van der Waals surface area contributed by atoms with Crippen molar-refractivity contribution in [2.24, 2.45) is 5.92 Å². The molecule has 244 valence electrons. The van der Waals surface area contributed by atoms with E-state index in [9.17, 15) is 13.2 Å². The summed E-state index contributed by atoms with van der Waals surface area (Å²) in [6.45, 7) is 4.92. The lowest BCUT2D eigenvalue weighted by molar-refractivity contribution is -0.0401. The van der Waals surface area contributed by atoms with Crippen LogP contribution in [0, 0.1) is 11.7 Å². The Morgan fingerprint density at radius 1 is 0.956 bits per heavy atom. The standard InChI is InChI=1S/C32H41F3N6O3S/c1-22-24-7-6-8-26(28(24)33)32(34,35)20-23-9-13-39(14-10-23)11-4-2-3-5-12-41-30-25(29(38-22)36-21-37-30)19-27(31(41)42)40-15-17-45(43,44)18-16-40/h6-8,19,21-23H,2-5,9-18,20H2,1H3,(H,36,37,38)/t22-/m1/s1. The number of benzene rings is 1.